The van der Waals surface area contributed by atoms with Gasteiger partial charge in [-0.2, -0.15) is 0 Å². The van der Waals surface area contributed by atoms with Gasteiger partial charge in [0.15, 0.2) is 0 Å². The lowest BCUT2D eigenvalue weighted by molar-refractivity contribution is 0.263. The van der Waals surface area contributed by atoms with Crippen LogP contribution < -0.4 is 10.1 Å². The molecule has 1 aliphatic rings. The number of benzene rings is 1. The van der Waals surface area contributed by atoms with Gasteiger partial charge in [-0.05, 0) is 56.5 Å². The Hall–Kier alpha value is -0.730. The van der Waals surface area contributed by atoms with Gasteiger partial charge < -0.3 is 10.1 Å². The third kappa shape index (κ3) is 3.62. The fraction of sp³-hybridized carbons (Fsp3) is 0.571. The molecule has 2 rings (SSSR count). The average Bonchev–Trinajstić information content (AvgIpc) is 2.79. The van der Waals surface area contributed by atoms with Crippen molar-refractivity contribution in [2.45, 2.75) is 31.7 Å². The first kappa shape index (κ1) is 12.7. The molecule has 1 fully saturated rings. The minimum absolute atomic E-state index is 0.684. The molecular formula is C14H20ClNO. The smallest absolute Gasteiger partial charge is 0.119 e. The van der Waals surface area contributed by atoms with E-state index in [0.717, 1.165) is 29.7 Å². The van der Waals surface area contributed by atoms with E-state index >= 15 is 0 Å². The Morgan fingerprint density at radius 2 is 2.06 bits per heavy atom. The highest BCUT2D eigenvalue weighted by atomic mass is 35.5. The van der Waals surface area contributed by atoms with E-state index in [0.29, 0.717) is 6.04 Å². The molecule has 0 aliphatic heterocycles. The first-order chi connectivity index (χ1) is 8.29. The van der Waals surface area contributed by atoms with Crippen LogP contribution in [0.4, 0.5) is 0 Å². The van der Waals surface area contributed by atoms with E-state index in [2.05, 4.69) is 12.4 Å². The number of nitrogens with one attached hydrogen (secondary N) is 1. The molecule has 3 heteroatoms. The second-order valence-corrected chi connectivity index (χ2v) is 5.11. The van der Waals surface area contributed by atoms with Crippen LogP contribution in [0, 0.1) is 5.92 Å². The number of halogens is 1. The normalized spacial score (nSPS) is 23.9. The number of ether oxygens (including phenoxy) is 1. The molecule has 2 unspecified atom stereocenters. The van der Waals surface area contributed by atoms with Gasteiger partial charge in [0.2, 0.25) is 0 Å². The zero-order valence-corrected chi connectivity index (χ0v) is 11.0. The van der Waals surface area contributed by atoms with E-state index in [9.17, 15) is 0 Å². The predicted molar refractivity (Wildman–Crippen MR) is 71.8 cm³/mol. The van der Waals surface area contributed by atoms with Crippen LogP contribution in [-0.2, 0) is 0 Å². The zero-order chi connectivity index (χ0) is 12.1. The van der Waals surface area contributed by atoms with Crippen LogP contribution in [0.25, 0.3) is 0 Å². The maximum Gasteiger partial charge on any atom is 0.119 e. The second kappa shape index (κ2) is 6.27. The Bertz CT molecular complexity index is 339. The third-order valence-corrected chi connectivity index (χ3v) is 3.85. The van der Waals surface area contributed by atoms with Crippen molar-refractivity contribution >= 4 is 11.6 Å². The first-order valence-electron chi connectivity index (χ1n) is 6.35. The summed E-state index contributed by atoms with van der Waals surface area (Å²) < 4.78 is 5.73. The highest BCUT2D eigenvalue weighted by Crippen LogP contribution is 2.28. The molecule has 1 saturated carbocycles. The van der Waals surface area contributed by atoms with Gasteiger partial charge in [0.25, 0.3) is 0 Å². The summed E-state index contributed by atoms with van der Waals surface area (Å²) in [5.74, 6) is 1.68. The van der Waals surface area contributed by atoms with Crippen molar-refractivity contribution in [3.8, 4) is 5.75 Å². The van der Waals surface area contributed by atoms with Crippen molar-refractivity contribution in [2.75, 3.05) is 13.7 Å². The van der Waals surface area contributed by atoms with Gasteiger partial charge in [-0.3, -0.25) is 0 Å². The first-order valence-corrected chi connectivity index (χ1v) is 6.73. The summed E-state index contributed by atoms with van der Waals surface area (Å²) in [4.78, 5) is 0. The highest BCUT2D eigenvalue weighted by Gasteiger charge is 2.25. The fourth-order valence-corrected chi connectivity index (χ4v) is 2.75. The topological polar surface area (TPSA) is 21.3 Å². The van der Waals surface area contributed by atoms with Crippen LogP contribution in [0.5, 0.6) is 5.75 Å². The van der Waals surface area contributed by atoms with Crippen molar-refractivity contribution in [2.24, 2.45) is 5.92 Å². The largest absolute Gasteiger partial charge is 0.494 e. The maximum atomic E-state index is 5.82. The predicted octanol–water partition coefficient (Wildman–Crippen LogP) is 3.50. The summed E-state index contributed by atoms with van der Waals surface area (Å²) in [6.45, 7) is 0.796. The summed E-state index contributed by atoms with van der Waals surface area (Å²) in [5, 5.41) is 4.15. The molecule has 0 amide bonds. The summed E-state index contributed by atoms with van der Waals surface area (Å²) in [6.07, 6.45) is 5.11. The van der Waals surface area contributed by atoms with Gasteiger partial charge in [-0.25, -0.2) is 0 Å². The van der Waals surface area contributed by atoms with Crippen molar-refractivity contribution in [3.63, 3.8) is 0 Å². The van der Waals surface area contributed by atoms with Crippen molar-refractivity contribution in [1.29, 1.82) is 0 Å². The van der Waals surface area contributed by atoms with Gasteiger partial charge >= 0.3 is 0 Å². The summed E-state index contributed by atoms with van der Waals surface area (Å²) in [7, 11) is 2.06. The van der Waals surface area contributed by atoms with Gasteiger partial charge in [0.05, 0.1) is 6.61 Å². The molecule has 1 aromatic carbocycles. The van der Waals surface area contributed by atoms with Gasteiger partial charge in [-0.1, -0.05) is 18.0 Å². The van der Waals surface area contributed by atoms with Gasteiger partial charge in [0.1, 0.15) is 5.75 Å². The van der Waals surface area contributed by atoms with Crippen molar-refractivity contribution in [3.05, 3.63) is 29.3 Å². The maximum absolute atomic E-state index is 5.82. The van der Waals surface area contributed by atoms with Crippen molar-refractivity contribution in [1.82, 2.24) is 5.32 Å². The molecule has 17 heavy (non-hydrogen) atoms. The molecule has 2 atom stereocenters. The molecule has 94 valence electrons. The highest BCUT2D eigenvalue weighted by molar-refractivity contribution is 6.30. The van der Waals surface area contributed by atoms with E-state index in [4.69, 9.17) is 16.3 Å². The lowest BCUT2D eigenvalue weighted by atomic mass is 10.0. The Morgan fingerprint density at radius 3 is 2.76 bits per heavy atom. The second-order valence-electron chi connectivity index (χ2n) is 4.68. The minimum atomic E-state index is 0.684. The molecule has 1 aliphatic carbocycles. The van der Waals surface area contributed by atoms with Crippen molar-refractivity contribution < 1.29 is 4.74 Å². The molecule has 0 radical (unpaired) electrons. The Labute approximate surface area is 108 Å². The zero-order valence-electron chi connectivity index (χ0n) is 10.3. The number of hydrogen-bond acceptors (Lipinski definition) is 2. The number of hydrogen-bond donors (Lipinski definition) is 1. The van der Waals surface area contributed by atoms with E-state index in [-0.39, 0.29) is 0 Å². The molecular weight excluding hydrogens is 234 g/mol. The molecule has 2 nitrogen and oxygen atoms in total. The van der Waals surface area contributed by atoms with Crippen LogP contribution in [0.1, 0.15) is 25.7 Å². The summed E-state index contributed by atoms with van der Waals surface area (Å²) >= 11 is 5.82. The van der Waals surface area contributed by atoms with Crippen LogP contribution >= 0.6 is 11.6 Å². The molecule has 0 saturated heterocycles. The Kier molecular flexibility index (Phi) is 4.69. The lowest BCUT2D eigenvalue weighted by Crippen LogP contribution is -2.29. The standard InChI is InChI=1S/C14H20ClNO/c1-16-14-4-2-3-11(14)9-10-17-13-7-5-12(15)6-8-13/h5-8,11,14,16H,2-4,9-10H2,1H3. The SMILES string of the molecule is CNC1CCCC1CCOc1ccc(Cl)cc1. The lowest BCUT2D eigenvalue weighted by Gasteiger charge is -2.18. The summed E-state index contributed by atoms with van der Waals surface area (Å²) in [5.41, 5.74) is 0. The third-order valence-electron chi connectivity index (χ3n) is 3.60. The van der Waals surface area contributed by atoms with E-state index in [1.807, 2.05) is 24.3 Å². The molecule has 0 heterocycles. The van der Waals surface area contributed by atoms with E-state index < -0.39 is 0 Å². The van der Waals surface area contributed by atoms with Crippen LogP contribution in [-0.4, -0.2) is 19.7 Å². The Balaban J connectivity index is 1.74. The van der Waals surface area contributed by atoms with E-state index in [1.165, 1.54) is 19.3 Å². The molecule has 0 spiro atoms. The number of rotatable bonds is 5. The monoisotopic (exact) mass is 253 g/mol. The molecule has 0 aromatic heterocycles. The quantitative estimate of drug-likeness (QED) is 0.867. The molecule has 1 aromatic rings. The van der Waals surface area contributed by atoms with Crippen LogP contribution in [0.15, 0.2) is 24.3 Å². The van der Waals surface area contributed by atoms with Crippen LogP contribution in [0.2, 0.25) is 5.02 Å². The minimum Gasteiger partial charge on any atom is -0.494 e. The fourth-order valence-electron chi connectivity index (χ4n) is 2.62. The molecule has 1 N–H and O–H groups in total. The average molecular weight is 254 g/mol. The van der Waals surface area contributed by atoms with E-state index in [1.54, 1.807) is 0 Å². The summed E-state index contributed by atoms with van der Waals surface area (Å²) in [6, 6.07) is 8.26. The van der Waals surface area contributed by atoms with Gasteiger partial charge in [0, 0.05) is 11.1 Å². The van der Waals surface area contributed by atoms with Crippen LogP contribution in [0.3, 0.4) is 0 Å². The van der Waals surface area contributed by atoms with Gasteiger partial charge in [-0.15, -0.1) is 0 Å². The Morgan fingerprint density at radius 1 is 1.29 bits per heavy atom. The molecule has 0 bridgehead atoms.